The van der Waals surface area contributed by atoms with E-state index in [4.69, 9.17) is 4.74 Å². The maximum Gasteiger partial charge on any atom is 0.0570 e. The molecule has 2 unspecified atom stereocenters. The zero-order valence-corrected chi connectivity index (χ0v) is 12.9. The lowest BCUT2D eigenvalue weighted by Crippen LogP contribution is -2.37. The van der Waals surface area contributed by atoms with Crippen LogP contribution in [-0.4, -0.2) is 18.2 Å². The summed E-state index contributed by atoms with van der Waals surface area (Å²) in [4.78, 5) is 0. The predicted octanol–water partition coefficient (Wildman–Crippen LogP) is 4.35. The van der Waals surface area contributed by atoms with E-state index in [1.165, 1.54) is 11.3 Å². The van der Waals surface area contributed by atoms with Crippen LogP contribution >= 0.6 is 0 Å². The van der Waals surface area contributed by atoms with Crippen LogP contribution in [0.25, 0.3) is 0 Å². The molecular formula is C17H27NO. The van der Waals surface area contributed by atoms with Crippen LogP contribution in [0.2, 0.25) is 0 Å². The molecule has 106 valence electrons. The Morgan fingerprint density at radius 2 is 1.63 bits per heavy atom. The lowest BCUT2D eigenvalue weighted by atomic mass is 9.85. The van der Waals surface area contributed by atoms with E-state index in [0.29, 0.717) is 18.2 Å². The molecule has 0 radical (unpaired) electrons. The molecule has 1 aromatic carbocycles. The highest BCUT2D eigenvalue weighted by Crippen LogP contribution is 2.31. The fourth-order valence-electron chi connectivity index (χ4n) is 3.01. The standard InChI is InChI=1S/C17H27NO/c1-12-10-14(11-13(2)19-12)18-16-9-7-6-8-15(16)17(3,4)5/h6-9,12-14,18H,10-11H2,1-5H3. The normalized spacial score (nSPS) is 28.2. The Kier molecular flexibility index (Phi) is 4.19. The molecule has 2 heteroatoms. The summed E-state index contributed by atoms with van der Waals surface area (Å²) in [5, 5.41) is 3.74. The van der Waals surface area contributed by atoms with E-state index < -0.39 is 0 Å². The van der Waals surface area contributed by atoms with Gasteiger partial charge >= 0.3 is 0 Å². The van der Waals surface area contributed by atoms with Crippen molar-refractivity contribution in [2.24, 2.45) is 0 Å². The van der Waals surface area contributed by atoms with Gasteiger partial charge in [0.25, 0.3) is 0 Å². The van der Waals surface area contributed by atoms with Crippen LogP contribution in [-0.2, 0) is 10.2 Å². The topological polar surface area (TPSA) is 21.3 Å². The second-order valence-electron chi connectivity index (χ2n) is 6.87. The van der Waals surface area contributed by atoms with Gasteiger partial charge in [0.15, 0.2) is 0 Å². The van der Waals surface area contributed by atoms with Gasteiger partial charge in [-0.1, -0.05) is 39.0 Å². The van der Waals surface area contributed by atoms with Crippen LogP contribution in [0.5, 0.6) is 0 Å². The number of rotatable bonds is 2. The third-order valence-electron chi connectivity index (χ3n) is 3.79. The van der Waals surface area contributed by atoms with Crippen LogP contribution in [0.4, 0.5) is 5.69 Å². The number of para-hydroxylation sites is 1. The Labute approximate surface area is 117 Å². The highest BCUT2D eigenvalue weighted by Gasteiger charge is 2.26. The number of benzene rings is 1. The molecule has 2 atom stereocenters. The van der Waals surface area contributed by atoms with Gasteiger partial charge in [-0.2, -0.15) is 0 Å². The largest absolute Gasteiger partial charge is 0.382 e. The zero-order chi connectivity index (χ0) is 14.0. The Hall–Kier alpha value is -1.02. The molecule has 0 saturated carbocycles. The summed E-state index contributed by atoms with van der Waals surface area (Å²) in [5.41, 5.74) is 2.84. The van der Waals surface area contributed by atoms with Crippen LogP contribution < -0.4 is 5.32 Å². The maximum absolute atomic E-state index is 5.81. The predicted molar refractivity (Wildman–Crippen MR) is 81.8 cm³/mol. The van der Waals surface area contributed by atoms with Gasteiger partial charge in [0.1, 0.15) is 0 Å². The van der Waals surface area contributed by atoms with Crippen molar-refractivity contribution in [2.75, 3.05) is 5.32 Å². The van der Waals surface area contributed by atoms with Crippen molar-refractivity contribution in [3.8, 4) is 0 Å². The Morgan fingerprint density at radius 1 is 1.05 bits per heavy atom. The zero-order valence-electron chi connectivity index (χ0n) is 12.9. The molecule has 1 aliphatic heterocycles. The van der Waals surface area contributed by atoms with E-state index in [2.05, 4.69) is 64.2 Å². The van der Waals surface area contributed by atoms with Gasteiger partial charge in [0.05, 0.1) is 12.2 Å². The summed E-state index contributed by atoms with van der Waals surface area (Å²) >= 11 is 0. The molecule has 0 spiro atoms. The second-order valence-corrected chi connectivity index (χ2v) is 6.87. The summed E-state index contributed by atoms with van der Waals surface area (Å²) < 4.78 is 5.81. The minimum absolute atomic E-state index is 0.173. The molecule has 0 aliphatic carbocycles. The quantitative estimate of drug-likeness (QED) is 0.854. The van der Waals surface area contributed by atoms with Gasteiger partial charge < -0.3 is 10.1 Å². The van der Waals surface area contributed by atoms with Crippen LogP contribution in [0, 0.1) is 0 Å². The minimum atomic E-state index is 0.173. The van der Waals surface area contributed by atoms with E-state index in [0.717, 1.165) is 12.8 Å². The Bertz CT molecular complexity index is 412. The lowest BCUT2D eigenvalue weighted by molar-refractivity contribution is -0.0337. The number of hydrogen-bond donors (Lipinski definition) is 1. The van der Waals surface area contributed by atoms with Gasteiger partial charge in [-0.3, -0.25) is 0 Å². The van der Waals surface area contributed by atoms with Crippen molar-refractivity contribution in [1.29, 1.82) is 0 Å². The van der Waals surface area contributed by atoms with E-state index in [1.807, 2.05) is 0 Å². The molecule has 19 heavy (non-hydrogen) atoms. The molecule has 1 fully saturated rings. The molecule has 1 N–H and O–H groups in total. The first kappa shape index (κ1) is 14.4. The van der Waals surface area contributed by atoms with Gasteiger partial charge in [0, 0.05) is 11.7 Å². The Morgan fingerprint density at radius 3 is 2.21 bits per heavy atom. The summed E-state index contributed by atoms with van der Waals surface area (Å²) in [6, 6.07) is 9.19. The van der Waals surface area contributed by atoms with E-state index in [-0.39, 0.29) is 5.41 Å². The van der Waals surface area contributed by atoms with Crippen LogP contribution in [0.15, 0.2) is 24.3 Å². The van der Waals surface area contributed by atoms with Crippen molar-refractivity contribution in [3.63, 3.8) is 0 Å². The highest BCUT2D eigenvalue weighted by molar-refractivity contribution is 5.54. The summed E-state index contributed by atoms with van der Waals surface area (Å²) in [7, 11) is 0. The smallest absolute Gasteiger partial charge is 0.0570 e. The highest BCUT2D eigenvalue weighted by atomic mass is 16.5. The minimum Gasteiger partial charge on any atom is -0.382 e. The van der Waals surface area contributed by atoms with Crippen molar-refractivity contribution < 1.29 is 4.74 Å². The van der Waals surface area contributed by atoms with E-state index >= 15 is 0 Å². The third-order valence-corrected chi connectivity index (χ3v) is 3.79. The molecular weight excluding hydrogens is 234 g/mol. The number of nitrogens with one attached hydrogen (secondary N) is 1. The summed E-state index contributed by atoms with van der Waals surface area (Å²) in [6.45, 7) is 11.1. The summed E-state index contributed by atoms with van der Waals surface area (Å²) in [5.74, 6) is 0. The van der Waals surface area contributed by atoms with Gasteiger partial charge in [0.2, 0.25) is 0 Å². The van der Waals surface area contributed by atoms with Crippen molar-refractivity contribution in [2.45, 2.75) is 71.1 Å². The molecule has 1 aromatic rings. The van der Waals surface area contributed by atoms with E-state index in [1.54, 1.807) is 0 Å². The molecule has 1 heterocycles. The first-order valence-corrected chi connectivity index (χ1v) is 7.38. The molecule has 0 amide bonds. The second kappa shape index (κ2) is 5.54. The van der Waals surface area contributed by atoms with Crippen LogP contribution in [0.1, 0.15) is 53.0 Å². The SMILES string of the molecule is CC1CC(Nc2ccccc2C(C)(C)C)CC(C)O1. The average Bonchev–Trinajstić information content (AvgIpc) is 2.26. The third kappa shape index (κ3) is 3.73. The fourth-order valence-corrected chi connectivity index (χ4v) is 3.01. The summed E-state index contributed by atoms with van der Waals surface area (Å²) in [6.07, 6.45) is 2.87. The van der Waals surface area contributed by atoms with Gasteiger partial charge in [-0.15, -0.1) is 0 Å². The van der Waals surface area contributed by atoms with Crippen molar-refractivity contribution >= 4 is 5.69 Å². The van der Waals surface area contributed by atoms with Gasteiger partial charge in [-0.05, 0) is 43.7 Å². The number of ether oxygens (including phenoxy) is 1. The van der Waals surface area contributed by atoms with Crippen LogP contribution in [0.3, 0.4) is 0 Å². The van der Waals surface area contributed by atoms with Crippen molar-refractivity contribution in [1.82, 2.24) is 0 Å². The Balaban J connectivity index is 2.15. The first-order chi connectivity index (χ1) is 8.86. The molecule has 1 aliphatic rings. The fraction of sp³-hybridized carbons (Fsp3) is 0.647. The molecule has 1 saturated heterocycles. The maximum atomic E-state index is 5.81. The number of hydrogen-bond acceptors (Lipinski definition) is 2. The average molecular weight is 261 g/mol. The molecule has 2 nitrogen and oxygen atoms in total. The number of anilines is 1. The van der Waals surface area contributed by atoms with E-state index in [9.17, 15) is 0 Å². The molecule has 0 bridgehead atoms. The first-order valence-electron chi connectivity index (χ1n) is 7.38. The lowest BCUT2D eigenvalue weighted by Gasteiger charge is -2.34. The molecule has 0 aromatic heterocycles. The molecule has 2 rings (SSSR count). The van der Waals surface area contributed by atoms with Crippen molar-refractivity contribution in [3.05, 3.63) is 29.8 Å². The monoisotopic (exact) mass is 261 g/mol. The van der Waals surface area contributed by atoms with Gasteiger partial charge in [-0.25, -0.2) is 0 Å².